The van der Waals surface area contributed by atoms with Crippen molar-refractivity contribution in [3.8, 4) is 0 Å². The number of imide groups is 1. The largest absolute Gasteiger partial charge is 0.376 e. The minimum absolute atomic E-state index is 0.0404. The van der Waals surface area contributed by atoms with Crippen LogP contribution in [0.2, 0.25) is 0 Å². The van der Waals surface area contributed by atoms with E-state index in [0.29, 0.717) is 25.3 Å². The van der Waals surface area contributed by atoms with Gasteiger partial charge in [0.25, 0.3) is 5.91 Å². The highest BCUT2D eigenvalue weighted by Gasteiger charge is 2.52. The number of urea groups is 1. The Morgan fingerprint density at radius 2 is 2.08 bits per heavy atom. The van der Waals surface area contributed by atoms with Gasteiger partial charge in [-0.05, 0) is 31.6 Å². The van der Waals surface area contributed by atoms with Gasteiger partial charge in [-0.3, -0.25) is 14.5 Å². The Hall–Kier alpha value is -1.67. The van der Waals surface area contributed by atoms with Gasteiger partial charge in [0.15, 0.2) is 0 Å². The number of likely N-dealkylation sites (tertiary alicyclic amines) is 1. The molecule has 0 aromatic heterocycles. The van der Waals surface area contributed by atoms with Crippen molar-refractivity contribution < 1.29 is 19.1 Å². The van der Waals surface area contributed by atoms with E-state index < -0.39 is 11.6 Å². The molecule has 1 unspecified atom stereocenters. The summed E-state index contributed by atoms with van der Waals surface area (Å²) < 4.78 is 5.46. The van der Waals surface area contributed by atoms with Gasteiger partial charge < -0.3 is 20.3 Å². The number of hydrogen-bond donors (Lipinski definition) is 2. The maximum Gasteiger partial charge on any atom is 0.325 e. The summed E-state index contributed by atoms with van der Waals surface area (Å²) in [7, 11) is 0. The first-order valence-corrected chi connectivity index (χ1v) is 9.64. The van der Waals surface area contributed by atoms with Gasteiger partial charge in [0.1, 0.15) is 12.1 Å². The van der Waals surface area contributed by atoms with Crippen molar-refractivity contribution in [2.75, 3.05) is 39.3 Å². The molecule has 8 nitrogen and oxygen atoms in total. The number of rotatable bonds is 6. The summed E-state index contributed by atoms with van der Waals surface area (Å²) in [6.07, 6.45) is 3.17. The molecule has 2 N–H and O–H groups in total. The van der Waals surface area contributed by atoms with E-state index in [1.54, 1.807) is 0 Å². The van der Waals surface area contributed by atoms with E-state index in [4.69, 9.17) is 4.74 Å². The van der Waals surface area contributed by atoms with E-state index in [1.165, 1.54) is 0 Å². The Labute approximate surface area is 154 Å². The van der Waals surface area contributed by atoms with E-state index >= 15 is 0 Å². The van der Waals surface area contributed by atoms with Gasteiger partial charge in [-0.2, -0.15) is 0 Å². The number of hydrogen-bond acceptors (Lipinski definition) is 5. The van der Waals surface area contributed by atoms with Crippen LogP contribution in [-0.2, 0) is 14.3 Å². The Bertz CT molecular complexity index is 551. The lowest BCUT2D eigenvalue weighted by atomic mass is 9.87. The maximum atomic E-state index is 12.8. The SMILES string of the molecule is CC(C)CN1CCC2(CC1)NC(=O)N(CC(=O)NCC1CCCO1)C2=O. The summed E-state index contributed by atoms with van der Waals surface area (Å²) in [6.45, 7) is 7.82. The van der Waals surface area contributed by atoms with Gasteiger partial charge in [-0.1, -0.05) is 13.8 Å². The van der Waals surface area contributed by atoms with Gasteiger partial charge in [0.05, 0.1) is 6.10 Å². The van der Waals surface area contributed by atoms with E-state index in [1.807, 2.05) is 0 Å². The predicted octanol–water partition coefficient (Wildman–Crippen LogP) is 0.324. The molecule has 1 spiro atoms. The highest BCUT2D eigenvalue weighted by Crippen LogP contribution is 2.29. The molecule has 0 aliphatic carbocycles. The normalized spacial score (nSPS) is 26.0. The number of carbonyl (C=O) groups excluding carboxylic acids is 3. The zero-order chi connectivity index (χ0) is 18.7. The average molecular weight is 366 g/mol. The van der Waals surface area contributed by atoms with Crippen LogP contribution in [0, 0.1) is 5.92 Å². The van der Waals surface area contributed by atoms with E-state index in [9.17, 15) is 14.4 Å². The number of ether oxygens (including phenoxy) is 1. The maximum absolute atomic E-state index is 12.8. The Morgan fingerprint density at radius 1 is 1.35 bits per heavy atom. The molecule has 3 fully saturated rings. The summed E-state index contributed by atoms with van der Waals surface area (Å²) in [5, 5.41) is 5.62. The Balaban J connectivity index is 1.51. The lowest BCUT2D eigenvalue weighted by Gasteiger charge is -2.37. The van der Waals surface area contributed by atoms with Crippen LogP contribution in [0.3, 0.4) is 0 Å². The molecule has 0 aromatic carbocycles. The van der Waals surface area contributed by atoms with Crippen molar-refractivity contribution in [3.63, 3.8) is 0 Å². The minimum atomic E-state index is -0.834. The predicted molar refractivity (Wildman–Crippen MR) is 95.5 cm³/mol. The number of piperidine rings is 1. The van der Waals surface area contributed by atoms with Crippen molar-refractivity contribution in [2.24, 2.45) is 5.92 Å². The second-order valence-electron chi connectivity index (χ2n) is 8.04. The van der Waals surface area contributed by atoms with Crippen molar-refractivity contribution in [2.45, 2.75) is 51.2 Å². The Morgan fingerprint density at radius 3 is 2.69 bits per heavy atom. The third kappa shape index (κ3) is 4.17. The van der Waals surface area contributed by atoms with Crippen molar-refractivity contribution in [1.82, 2.24) is 20.4 Å². The third-order valence-corrected chi connectivity index (χ3v) is 5.43. The van der Waals surface area contributed by atoms with Crippen LogP contribution < -0.4 is 10.6 Å². The fourth-order valence-corrected chi connectivity index (χ4v) is 4.02. The van der Waals surface area contributed by atoms with Gasteiger partial charge in [-0.15, -0.1) is 0 Å². The van der Waals surface area contributed by atoms with Crippen molar-refractivity contribution >= 4 is 17.8 Å². The van der Waals surface area contributed by atoms with Gasteiger partial charge >= 0.3 is 6.03 Å². The molecule has 3 aliphatic heterocycles. The molecular formula is C18H30N4O4. The molecule has 1 atom stereocenters. The van der Waals surface area contributed by atoms with E-state index in [-0.39, 0.29) is 24.5 Å². The summed E-state index contributed by atoms with van der Waals surface area (Å²) in [4.78, 5) is 40.7. The lowest BCUT2D eigenvalue weighted by Crippen LogP contribution is -2.55. The first-order valence-electron chi connectivity index (χ1n) is 9.64. The molecule has 0 bridgehead atoms. The van der Waals surface area contributed by atoms with Crippen LogP contribution in [0.25, 0.3) is 0 Å². The molecule has 3 heterocycles. The summed E-state index contributed by atoms with van der Waals surface area (Å²) >= 11 is 0. The summed E-state index contributed by atoms with van der Waals surface area (Å²) in [5.74, 6) is -0.0146. The monoisotopic (exact) mass is 366 g/mol. The highest BCUT2D eigenvalue weighted by molar-refractivity contribution is 6.09. The molecule has 8 heteroatoms. The van der Waals surface area contributed by atoms with Crippen LogP contribution in [0.4, 0.5) is 4.79 Å². The standard InChI is InChI=1S/C18H30N4O4/c1-13(2)11-21-7-5-18(6-8-21)16(24)22(17(25)20-18)12-15(23)19-10-14-4-3-9-26-14/h13-14H,3-12H2,1-2H3,(H,19,23)(H,20,25). The molecule has 0 radical (unpaired) electrons. The fraction of sp³-hybridized carbons (Fsp3) is 0.833. The first-order chi connectivity index (χ1) is 12.4. The van der Waals surface area contributed by atoms with Gasteiger partial charge in [0.2, 0.25) is 5.91 Å². The molecule has 3 rings (SSSR count). The molecule has 4 amide bonds. The van der Waals surface area contributed by atoms with Gasteiger partial charge in [-0.25, -0.2) is 4.79 Å². The van der Waals surface area contributed by atoms with Gasteiger partial charge in [0, 0.05) is 32.8 Å². The fourth-order valence-electron chi connectivity index (χ4n) is 4.02. The highest BCUT2D eigenvalue weighted by atomic mass is 16.5. The zero-order valence-corrected chi connectivity index (χ0v) is 15.8. The van der Waals surface area contributed by atoms with E-state index in [2.05, 4.69) is 29.4 Å². The van der Waals surface area contributed by atoms with Crippen LogP contribution in [-0.4, -0.2) is 78.6 Å². The lowest BCUT2D eigenvalue weighted by molar-refractivity contribution is -0.136. The molecule has 3 aliphatic rings. The topological polar surface area (TPSA) is 91.0 Å². The van der Waals surface area contributed by atoms with Crippen molar-refractivity contribution in [3.05, 3.63) is 0 Å². The van der Waals surface area contributed by atoms with Crippen molar-refractivity contribution in [1.29, 1.82) is 0 Å². The number of amides is 4. The first kappa shape index (κ1) is 19.1. The second-order valence-corrected chi connectivity index (χ2v) is 8.04. The van der Waals surface area contributed by atoms with Crippen LogP contribution in [0.5, 0.6) is 0 Å². The van der Waals surface area contributed by atoms with E-state index in [0.717, 1.165) is 44.0 Å². The Kier molecular flexibility index (Phi) is 5.82. The molecule has 26 heavy (non-hydrogen) atoms. The van der Waals surface area contributed by atoms with Crippen LogP contribution in [0.1, 0.15) is 39.5 Å². The molecular weight excluding hydrogens is 336 g/mol. The molecule has 0 aromatic rings. The zero-order valence-electron chi connectivity index (χ0n) is 15.8. The number of carbonyl (C=O) groups is 3. The van der Waals surface area contributed by atoms with Crippen LogP contribution in [0.15, 0.2) is 0 Å². The number of nitrogens with zero attached hydrogens (tertiary/aromatic N) is 2. The second kappa shape index (κ2) is 7.92. The quantitative estimate of drug-likeness (QED) is 0.661. The third-order valence-electron chi connectivity index (χ3n) is 5.43. The minimum Gasteiger partial charge on any atom is -0.376 e. The average Bonchev–Trinajstić information content (AvgIpc) is 3.18. The molecule has 3 saturated heterocycles. The van der Waals surface area contributed by atoms with Crippen LogP contribution >= 0.6 is 0 Å². The summed E-state index contributed by atoms with van der Waals surface area (Å²) in [6, 6.07) is -0.459. The molecule has 0 saturated carbocycles. The number of nitrogens with one attached hydrogen (secondary N) is 2. The smallest absolute Gasteiger partial charge is 0.325 e. The molecule has 146 valence electrons. The summed E-state index contributed by atoms with van der Waals surface area (Å²) in [5.41, 5.74) is -0.834.